The van der Waals surface area contributed by atoms with Crippen molar-refractivity contribution in [1.82, 2.24) is 5.32 Å². The molecular formula is C11H17NO3S. The summed E-state index contributed by atoms with van der Waals surface area (Å²) >= 11 is -1.72. The molecule has 1 aromatic carbocycles. The molecule has 0 aliphatic carbocycles. The Morgan fingerprint density at radius 2 is 2.00 bits per heavy atom. The summed E-state index contributed by atoms with van der Waals surface area (Å²) in [4.78, 5) is 0. The monoisotopic (exact) mass is 243 g/mol. The van der Waals surface area contributed by atoms with E-state index in [1.54, 1.807) is 0 Å². The summed E-state index contributed by atoms with van der Waals surface area (Å²) in [6.45, 7) is 1.10. The second-order valence-corrected chi connectivity index (χ2v) is 4.56. The fourth-order valence-electron chi connectivity index (χ4n) is 1.35. The zero-order chi connectivity index (χ0) is 11.8. The van der Waals surface area contributed by atoms with Gasteiger partial charge in [-0.25, -0.2) is 4.21 Å². The fraction of sp³-hybridized carbons (Fsp3) is 0.455. The minimum Gasteiger partial charge on any atom is -0.387 e. The van der Waals surface area contributed by atoms with Gasteiger partial charge in [0.05, 0.1) is 11.9 Å². The Hall–Kier alpha value is -0.750. The van der Waals surface area contributed by atoms with Gasteiger partial charge in [-0.2, -0.15) is 0 Å². The van der Waals surface area contributed by atoms with Crippen LogP contribution in [0.1, 0.15) is 18.1 Å². The second-order valence-electron chi connectivity index (χ2n) is 3.51. The van der Waals surface area contributed by atoms with Crippen molar-refractivity contribution in [2.24, 2.45) is 0 Å². The third-order valence-electron chi connectivity index (χ3n) is 2.19. The number of nitrogens with one attached hydrogen (secondary N) is 1. The van der Waals surface area contributed by atoms with Gasteiger partial charge in [-0.3, -0.25) is 0 Å². The standard InChI is InChI=1S/C11H17NO3S/c13-11(10-5-2-1-3-6-10)9-12-7-4-8-16(14)15/h1-3,5-6,11-13H,4,7-9H2,(H,14,15). The highest BCUT2D eigenvalue weighted by atomic mass is 32.2. The van der Waals surface area contributed by atoms with Gasteiger partial charge in [-0.15, -0.1) is 0 Å². The number of benzene rings is 1. The van der Waals surface area contributed by atoms with Gasteiger partial charge in [0.15, 0.2) is 11.1 Å². The van der Waals surface area contributed by atoms with Crippen LogP contribution in [0.15, 0.2) is 30.3 Å². The molecule has 0 bridgehead atoms. The lowest BCUT2D eigenvalue weighted by Gasteiger charge is -2.11. The molecule has 0 fully saturated rings. The lowest BCUT2D eigenvalue weighted by molar-refractivity contribution is 0.175. The number of aliphatic hydroxyl groups excluding tert-OH is 1. The molecule has 0 aliphatic rings. The van der Waals surface area contributed by atoms with Crippen LogP contribution in [0.2, 0.25) is 0 Å². The molecule has 5 heteroatoms. The Kier molecular flexibility index (Phi) is 6.25. The molecule has 3 N–H and O–H groups in total. The van der Waals surface area contributed by atoms with E-state index in [4.69, 9.17) is 4.55 Å². The number of hydrogen-bond donors (Lipinski definition) is 3. The molecule has 0 saturated carbocycles. The predicted molar refractivity (Wildman–Crippen MR) is 64.5 cm³/mol. The lowest BCUT2D eigenvalue weighted by Crippen LogP contribution is -2.23. The molecule has 0 amide bonds. The van der Waals surface area contributed by atoms with Crippen LogP contribution in [-0.4, -0.2) is 32.7 Å². The molecule has 0 aromatic heterocycles. The van der Waals surface area contributed by atoms with Crippen LogP contribution in [0.3, 0.4) is 0 Å². The maximum Gasteiger partial charge on any atom is 0.152 e. The highest BCUT2D eigenvalue weighted by Crippen LogP contribution is 2.10. The van der Waals surface area contributed by atoms with E-state index in [-0.39, 0.29) is 5.75 Å². The van der Waals surface area contributed by atoms with E-state index in [0.717, 1.165) is 5.56 Å². The SMILES string of the molecule is O=S(O)CCCNCC(O)c1ccccc1. The smallest absolute Gasteiger partial charge is 0.152 e. The number of aliphatic hydroxyl groups is 1. The Bertz CT molecular complexity index is 318. The van der Waals surface area contributed by atoms with Crippen LogP contribution in [0.5, 0.6) is 0 Å². The topological polar surface area (TPSA) is 69.6 Å². The van der Waals surface area contributed by atoms with Crippen molar-refractivity contribution in [3.8, 4) is 0 Å². The van der Waals surface area contributed by atoms with Crippen molar-refractivity contribution in [3.63, 3.8) is 0 Å². The molecule has 0 spiro atoms. The first-order chi connectivity index (χ1) is 7.70. The summed E-state index contributed by atoms with van der Waals surface area (Å²) < 4.78 is 18.9. The van der Waals surface area contributed by atoms with Gasteiger partial charge in [-0.05, 0) is 18.5 Å². The second kappa shape index (κ2) is 7.51. The number of hydrogen-bond acceptors (Lipinski definition) is 3. The average molecular weight is 243 g/mol. The van der Waals surface area contributed by atoms with Gasteiger partial charge >= 0.3 is 0 Å². The van der Waals surface area contributed by atoms with Crippen molar-refractivity contribution in [2.75, 3.05) is 18.8 Å². The summed E-state index contributed by atoms with van der Waals surface area (Å²) in [5.41, 5.74) is 0.876. The molecule has 0 radical (unpaired) electrons. The van der Waals surface area contributed by atoms with Crippen LogP contribution < -0.4 is 5.32 Å². The summed E-state index contributed by atoms with van der Waals surface area (Å²) in [5.74, 6) is 0.272. The highest BCUT2D eigenvalue weighted by molar-refractivity contribution is 7.79. The quantitative estimate of drug-likeness (QED) is 0.492. The molecule has 1 rings (SSSR count). The van der Waals surface area contributed by atoms with Crippen LogP contribution >= 0.6 is 0 Å². The van der Waals surface area contributed by atoms with Gasteiger partial charge in [0.1, 0.15) is 0 Å². The molecule has 0 heterocycles. The maximum absolute atomic E-state index is 10.4. The van der Waals surface area contributed by atoms with Crippen LogP contribution in [-0.2, 0) is 11.1 Å². The van der Waals surface area contributed by atoms with E-state index >= 15 is 0 Å². The molecule has 1 aromatic rings. The van der Waals surface area contributed by atoms with Crippen molar-refractivity contribution >= 4 is 11.1 Å². The maximum atomic E-state index is 10.4. The molecule has 0 aliphatic heterocycles. The highest BCUT2D eigenvalue weighted by Gasteiger charge is 2.05. The fourth-order valence-corrected chi connectivity index (χ4v) is 1.74. The summed E-state index contributed by atoms with van der Waals surface area (Å²) in [7, 11) is 0. The first-order valence-electron chi connectivity index (χ1n) is 5.21. The third kappa shape index (κ3) is 5.37. The average Bonchev–Trinajstić information content (AvgIpc) is 2.29. The molecular weight excluding hydrogens is 226 g/mol. The van der Waals surface area contributed by atoms with Gasteiger partial charge in [0.25, 0.3) is 0 Å². The Morgan fingerprint density at radius 1 is 1.31 bits per heavy atom. The zero-order valence-electron chi connectivity index (χ0n) is 9.00. The minimum atomic E-state index is -1.72. The van der Waals surface area contributed by atoms with E-state index in [9.17, 15) is 9.32 Å². The van der Waals surface area contributed by atoms with E-state index in [1.165, 1.54) is 0 Å². The Morgan fingerprint density at radius 3 is 2.62 bits per heavy atom. The lowest BCUT2D eigenvalue weighted by atomic mass is 10.1. The van der Waals surface area contributed by atoms with E-state index in [1.807, 2.05) is 30.3 Å². The third-order valence-corrected chi connectivity index (χ3v) is 2.83. The molecule has 2 atom stereocenters. The summed E-state index contributed by atoms with van der Waals surface area (Å²) in [5, 5.41) is 12.8. The molecule has 90 valence electrons. The predicted octanol–water partition coefficient (Wildman–Crippen LogP) is 0.921. The Balaban J connectivity index is 2.16. The van der Waals surface area contributed by atoms with Crippen LogP contribution in [0, 0.1) is 0 Å². The molecule has 0 saturated heterocycles. The Labute approximate surface area is 98.0 Å². The summed E-state index contributed by atoms with van der Waals surface area (Å²) in [6, 6.07) is 9.41. The first kappa shape index (κ1) is 13.3. The minimum absolute atomic E-state index is 0.272. The van der Waals surface area contributed by atoms with E-state index in [2.05, 4.69) is 5.32 Å². The molecule has 4 nitrogen and oxygen atoms in total. The van der Waals surface area contributed by atoms with Crippen molar-refractivity contribution in [2.45, 2.75) is 12.5 Å². The van der Waals surface area contributed by atoms with E-state index in [0.29, 0.717) is 19.5 Å². The van der Waals surface area contributed by atoms with Gasteiger partial charge in [0, 0.05) is 6.54 Å². The first-order valence-corrected chi connectivity index (χ1v) is 6.49. The number of rotatable bonds is 7. The van der Waals surface area contributed by atoms with Gasteiger partial charge in [-0.1, -0.05) is 30.3 Å². The molecule has 2 unspecified atom stereocenters. The van der Waals surface area contributed by atoms with Crippen molar-refractivity contribution in [3.05, 3.63) is 35.9 Å². The van der Waals surface area contributed by atoms with Crippen molar-refractivity contribution < 1.29 is 13.9 Å². The largest absolute Gasteiger partial charge is 0.387 e. The van der Waals surface area contributed by atoms with E-state index < -0.39 is 17.2 Å². The van der Waals surface area contributed by atoms with Gasteiger partial charge in [0.2, 0.25) is 0 Å². The summed E-state index contributed by atoms with van der Waals surface area (Å²) in [6.07, 6.45) is 0.103. The zero-order valence-corrected chi connectivity index (χ0v) is 9.82. The van der Waals surface area contributed by atoms with Crippen LogP contribution in [0.25, 0.3) is 0 Å². The van der Waals surface area contributed by atoms with Gasteiger partial charge < -0.3 is 15.0 Å². The molecule has 16 heavy (non-hydrogen) atoms. The normalized spacial score (nSPS) is 14.6. The van der Waals surface area contributed by atoms with Crippen LogP contribution in [0.4, 0.5) is 0 Å². The van der Waals surface area contributed by atoms with Crippen molar-refractivity contribution in [1.29, 1.82) is 0 Å².